The number of fused-ring (bicyclic) bond motifs is 1. The summed E-state index contributed by atoms with van der Waals surface area (Å²) < 4.78 is 32.2. The molecule has 0 aromatic heterocycles. The Morgan fingerprint density at radius 3 is 2.00 bits per heavy atom. The molecule has 2 N–H and O–H groups in total. The van der Waals surface area contributed by atoms with Gasteiger partial charge in [0.1, 0.15) is 5.75 Å². The Hall–Kier alpha value is -2.73. The van der Waals surface area contributed by atoms with Crippen molar-refractivity contribution in [1.82, 2.24) is 0 Å². The Labute approximate surface area is 163 Å². The summed E-state index contributed by atoms with van der Waals surface area (Å²) in [5.41, 5.74) is 3.19. The topological polar surface area (TPSA) is 94.5 Å². The first-order valence-corrected chi connectivity index (χ1v) is 9.94. The zero-order valence-electron chi connectivity index (χ0n) is 15.7. The first-order chi connectivity index (χ1) is 13.3. The number of phosphoric ester groups is 1. The molecule has 1 aliphatic carbocycles. The lowest BCUT2D eigenvalue weighted by Crippen LogP contribution is -1.96. The van der Waals surface area contributed by atoms with Crippen LogP contribution in [0.5, 0.6) is 23.0 Å². The molecule has 148 valence electrons. The second-order valence-electron chi connectivity index (χ2n) is 6.07. The highest BCUT2D eigenvalue weighted by Crippen LogP contribution is 2.43. The van der Waals surface area contributed by atoms with Gasteiger partial charge in [-0.15, -0.1) is 0 Å². The van der Waals surface area contributed by atoms with Gasteiger partial charge in [-0.1, -0.05) is 30.4 Å². The minimum Gasteiger partial charge on any atom is -0.493 e. The lowest BCUT2D eigenvalue weighted by Gasteiger charge is -2.13. The van der Waals surface area contributed by atoms with Crippen LogP contribution in [0.3, 0.4) is 0 Å². The van der Waals surface area contributed by atoms with E-state index in [0.29, 0.717) is 29.2 Å². The fourth-order valence-electron chi connectivity index (χ4n) is 3.06. The van der Waals surface area contributed by atoms with E-state index in [9.17, 15) is 14.4 Å². The molecule has 3 rings (SSSR count). The molecular formula is C20H21O7P. The number of hydrogen-bond acceptors (Lipinski definition) is 5. The van der Waals surface area contributed by atoms with Gasteiger partial charge >= 0.3 is 7.82 Å². The Kier molecular flexibility index (Phi) is 5.79. The Morgan fingerprint density at radius 2 is 1.46 bits per heavy atom. The van der Waals surface area contributed by atoms with Gasteiger partial charge in [0.05, 0.1) is 21.3 Å². The first-order valence-electron chi connectivity index (χ1n) is 8.41. The maximum absolute atomic E-state index is 11.3. The number of phosphoric acid groups is 1. The van der Waals surface area contributed by atoms with Crippen molar-refractivity contribution in [2.24, 2.45) is 0 Å². The molecule has 2 aromatic carbocycles. The number of rotatable bonds is 7. The molecule has 0 aliphatic heterocycles. The van der Waals surface area contributed by atoms with E-state index in [1.165, 1.54) is 7.11 Å². The van der Waals surface area contributed by atoms with E-state index in [1.807, 2.05) is 24.3 Å². The third-order valence-electron chi connectivity index (χ3n) is 4.24. The smallest absolute Gasteiger partial charge is 0.493 e. The average molecular weight is 404 g/mol. The second kappa shape index (κ2) is 8.10. The van der Waals surface area contributed by atoms with Crippen LogP contribution in [0.2, 0.25) is 0 Å². The van der Waals surface area contributed by atoms with Crippen molar-refractivity contribution in [2.45, 2.75) is 6.42 Å². The zero-order valence-corrected chi connectivity index (χ0v) is 16.6. The highest BCUT2D eigenvalue weighted by atomic mass is 31.2. The molecule has 0 radical (unpaired) electrons. The zero-order chi connectivity index (χ0) is 20.3. The van der Waals surface area contributed by atoms with E-state index in [-0.39, 0.29) is 5.75 Å². The van der Waals surface area contributed by atoms with Crippen molar-refractivity contribution in [3.63, 3.8) is 0 Å². The van der Waals surface area contributed by atoms with Gasteiger partial charge in [-0.3, -0.25) is 9.79 Å². The van der Waals surface area contributed by atoms with Crippen LogP contribution >= 0.6 is 7.82 Å². The summed E-state index contributed by atoms with van der Waals surface area (Å²) in [6.45, 7) is 0. The van der Waals surface area contributed by atoms with E-state index in [0.717, 1.165) is 16.7 Å². The molecule has 0 spiro atoms. The van der Waals surface area contributed by atoms with Crippen molar-refractivity contribution in [1.29, 1.82) is 0 Å². The summed E-state index contributed by atoms with van der Waals surface area (Å²) in [4.78, 5) is 18.3. The fraction of sp³-hybridized carbons (Fsp3) is 0.200. The highest BCUT2D eigenvalue weighted by Gasteiger charge is 2.21. The Morgan fingerprint density at radius 1 is 0.893 bits per heavy atom. The quantitative estimate of drug-likeness (QED) is 0.533. The average Bonchev–Trinajstić information content (AvgIpc) is 3.13. The predicted molar refractivity (Wildman–Crippen MR) is 107 cm³/mol. The van der Waals surface area contributed by atoms with Crippen LogP contribution in [0.4, 0.5) is 0 Å². The van der Waals surface area contributed by atoms with Crippen LogP contribution in [0.1, 0.15) is 22.3 Å². The van der Waals surface area contributed by atoms with E-state index < -0.39 is 7.82 Å². The van der Waals surface area contributed by atoms with E-state index in [4.69, 9.17) is 18.7 Å². The normalized spacial score (nSPS) is 12.9. The summed E-state index contributed by atoms with van der Waals surface area (Å²) in [6.07, 6.45) is 8.07. The van der Waals surface area contributed by atoms with Gasteiger partial charge in [-0.2, -0.15) is 0 Å². The van der Waals surface area contributed by atoms with Gasteiger partial charge in [0, 0.05) is 5.56 Å². The summed E-state index contributed by atoms with van der Waals surface area (Å²) in [6, 6.07) is 7.16. The minimum absolute atomic E-state index is 0.157. The van der Waals surface area contributed by atoms with Crippen molar-refractivity contribution in [3.8, 4) is 23.0 Å². The van der Waals surface area contributed by atoms with Crippen molar-refractivity contribution in [3.05, 3.63) is 52.6 Å². The van der Waals surface area contributed by atoms with Gasteiger partial charge in [-0.05, 0) is 41.3 Å². The van der Waals surface area contributed by atoms with Crippen molar-refractivity contribution < 1.29 is 33.1 Å². The van der Waals surface area contributed by atoms with Gasteiger partial charge in [-0.25, -0.2) is 4.57 Å². The molecule has 0 unspecified atom stereocenters. The molecule has 7 nitrogen and oxygen atoms in total. The molecule has 1 aliphatic rings. The number of hydrogen-bond donors (Lipinski definition) is 2. The van der Waals surface area contributed by atoms with Crippen LogP contribution < -0.4 is 18.7 Å². The van der Waals surface area contributed by atoms with Crippen LogP contribution in [-0.2, 0) is 11.0 Å². The third-order valence-corrected chi connectivity index (χ3v) is 4.68. The molecular weight excluding hydrogens is 383 g/mol. The third kappa shape index (κ3) is 4.39. The molecule has 0 saturated carbocycles. The van der Waals surface area contributed by atoms with Gasteiger partial charge < -0.3 is 18.7 Å². The Balaban J connectivity index is 1.97. The molecule has 0 fully saturated rings. The highest BCUT2D eigenvalue weighted by molar-refractivity contribution is 7.46. The van der Waals surface area contributed by atoms with Crippen LogP contribution in [0, 0.1) is 0 Å². The van der Waals surface area contributed by atoms with E-state index >= 15 is 0 Å². The monoisotopic (exact) mass is 404 g/mol. The standard InChI is InChI=1S/C20H21O7P/c1-24-18-11-14(12-19(25-2)20(18)26-3)8-7-13-9-15-5-4-6-16(15)17(10-13)27-28(21,22)23/h4,6-12H,5H2,1-3H3,(H2,21,22,23)/b8-7-. The van der Waals surface area contributed by atoms with Gasteiger partial charge in [0.2, 0.25) is 5.75 Å². The van der Waals surface area contributed by atoms with Gasteiger partial charge in [0.15, 0.2) is 11.5 Å². The molecule has 2 aromatic rings. The molecule has 0 heterocycles. The molecule has 0 bridgehead atoms. The lowest BCUT2D eigenvalue weighted by molar-refractivity contribution is 0.283. The first kappa shape index (κ1) is 20.0. The number of methoxy groups -OCH3 is 3. The number of benzene rings is 2. The minimum atomic E-state index is -4.65. The fourth-order valence-corrected chi connectivity index (χ4v) is 3.47. The molecule has 8 heteroatoms. The maximum atomic E-state index is 11.3. The van der Waals surface area contributed by atoms with Crippen LogP contribution in [0.25, 0.3) is 18.2 Å². The van der Waals surface area contributed by atoms with Crippen molar-refractivity contribution in [2.75, 3.05) is 21.3 Å². The maximum Gasteiger partial charge on any atom is 0.524 e. The SMILES string of the molecule is COc1cc(/C=C\c2cc3c(c(OP(=O)(O)O)c2)C=CC3)cc(OC)c1OC. The van der Waals surface area contributed by atoms with E-state index in [2.05, 4.69) is 0 Å². The largest absolute Gasteiger partial charge is 0.524 e. The summed E-state index contributed by atoms with van der Waals surface area (Å²) in [7, 11) is -0.0222. The number of ether oxygens (including phenoxy) is 3. The molecule has 28 heavy (non-hydrogen) atoms. The van der Waals surface area contributed by atoms with Crippen molar-refractivity contribution >= 4 is 26.1 Å². The van der Waals surface area contributed by atoms with E-state index in [1.54, 1.807) is 38.5 Å². The molecule has 0 saturated heterocycles. The predicted octanol–water partition coefficient (Wildman–Crippen LogP) is 3.92. The summed E-state index contributed by atoms with van der Waals surface area (Å²) >= 11 is 0. The van der Waals surface area contributed by atoms with Gasteiger partial charge in [0.25, 0.3) is 0 Å². The molecule has 0 atom stereocenters. The van der Waals surface area contributed by atoms with Crippen LogP contribution in [-0.4, -0.2) is 31.1 Å². The number of allylic oxidation sites excluding steroid dienone is 1. The lowest BCUT2D eigenvalue weighted by atomic mass is 10.0. The second-order valence-corrected chi connectivity index (χ2v) is 7.24. The summed E-state index contributed by atoms with van der Waals surface area (Å²) in [5, 5.41) is 0. The summed E-state index contributed by atoms with van der Waals surface area (Å²) in [5.74, 6) is 1.72. The Bertz CT molecular complexity index is 963. The molecule has 0 amide bonds. The van der Waals surface area contributed by atoms with Crippen LogP contribution in [0.15, 0.2) is 30.3 Å².